The van der Waals surface area contributed by atoms with Crippen molar-refractivity contribution in [2.24, 2.45) is 0 Å². The molecule has 2 heterocycles. The Bertz CT molecular complexity index is 764. The summed E-state index contributed by atoms with van der Waals surface area (Å²) in [6, 6.07) is 7.77. The predicted molar refractivity (Wildman–Crippen MR) is 109 cm³/mol. The summed E-state index contributed by atoms with van der Waals surface area (Å²) in [6.07, 6.45) is 7.84. The van der Waals surface area contributed by atoms with E-state index in [-0.39, 0.29) is 5.91 Å². The average molecular weight is 409 g/mol. The van der Waals surface area contributed by atoms with Crippen LogP contribution in [0.15, 0.2) is 41.6 Å². The minimum Gasteiger partial charge on any atom is -0.336 e. The molecule has 0 N–H and O–H groups in total. The molecule has 1 aliphatic rings. The molecular formula is C20H22Cl2N2OS. The van der Waals surface area contributed by atoms with Crippen LogP contribution in [-0.4, -0.2) is 28.4 Å². The van der Waals surface area contributed by atoms with Crippen molar-refractivity contribution < 1.29 is 4.79 Å². The molecular weight excluding hydrogens is 387 g/mol. The van der Waals surface area contributed by atoms with Crippen molar-refractivity contribution in [1.82, 2.24) is 9.88 Å². The van der Waals surface area contributed by atoms with Gasteiger partial charge >= 0.3 is 0 Å². The van der Waals surface area contributed by atoms with Crippen LogP contribution in [0.1, 0.15) is 48.5 Å². The zero-order chi connectivity index (χ0) is 18.5. The first-order valence-electron chi connectivity index (χ1n) is 8.92. The molecule has 1 saturated heterocycles. The van der Waals surface area contributed by atoms with E-state index in [0.717, 1.165) is 36.3 Å². The number of piperidine rings is 1. The summed E-state index contributed by atoms with van der Waals surface area (Å²) >= 11 is 14.0. The Hall–Kier alpha value is -1.23. The van der Waals surface area contributed by atoms with Crippen LogP contribution in [0.4, 0.5) is 0 Å². The molecule has 1 aliphatic heterocycles. The van der Waals surface area contributed by atoms with Gasteiger partial charge in [0.1, 0.15) is 0 Å². The van der Waals surface area contributed by atoms with E-state index in [4.69, 9.17) is 23.2 Å². The van der Waals surface area contributed by atoms with E-state index >= 15 is 0 Å². The molecule has 1 aromatic carbocycles. The van der Waals surface area contributed by atoms with Crippen LogP contribution in [-0.2, 0) is 5.75 Å². The van der Waals surface area contributed by atoms with Crippen molar-refractivity contribution in [3.8, 4) is 0 Å². The van der Waals surface area contributed by atoms with Gasteiger partial charge in [-0.3, -0.25) is 9.78 Å². The largest absolute Gasteiger partial charge is 0.336 e. The molecule has 138 valence electrons. The summed E-state index contributed by atoms with van der Waals surface area (Å²) in [7, 11) is 0. The fourth-order valence-electron chi connectivity index (χ4n) is 3.32. The highest BCUT2D eigenvalue weighted by Crippen LogP contribution is 2.35. The minimum atomic E-state index is 0.0895. The smallest absolute Gasteiger partial charge is 0.255 e. The average Bonchev–Trinajstić information content (AvgIpc) is 2.67. The van der Waals surface area contributed by atoms with E-state index in [2.05, 4.69) is 11.9 Å². The molecule has 3 rings (SSSR count). The monoisotopic (exact) mass is 408 g/mol. The van der Waals surface area contributed by atoms with Gasteiger partial charge < -0.3 is 4.90 Å². The van der Waals surface area contributed by atoms with E-state index in [1.165, 1.54) is 6.42 Å². The van der Waals surface area contributed by atoms with E-state index in [1.807, 2.05) is 29.2 Å². The molecule has 1 fully saturated rings. The summed E-state index contributed by atoms with van der Waals surface area (Å²) in [6.45, 7) is 2.99. The quantitative estimate of drug-likeness (QED) is 0.561. The van der Waals surface area contributed by atoms with Crippen LogP contribution in [0.25, 0.3) is 0 Å². The van der Waals surface area contributed by atoms with Crippen molar-refractivity contribution in [3.05, 3.63) is 57.8 Å². The third-order valence-electron chi connectivity index (χ3n) is 4.70. The van der Waals surface area contributed by atoms with Crippen LogP contribution in [0.3, 0.4) is 0 Å². The number of carbonyl (C=O) groups is 1. The highest BCUT2D eigenvalue weighted by molar-refractivity contribution is 7.98. The van der Waals surface area contributed by atoms with Gasteiger partial charge in [-0.2, -0.15) is 0 Å². The second-order valence-corrected chi connectivity index (χ2v) is 8.28. The number of rotatable bonds is 5. The minimum absolute atomic E-state index is 0.0895. The van der Waals surface area contributed by atoms with E-state index in [0.29, 0.717) is 27.4 Å². The molecule has 1 amide bonds. The van der Waals surface area contributed by atoms with E-state index < -0.39 is 0 Å². The highest BCUT2D eigenvalue weighted by Gasteiger charge is 2.26. The lowest BCUT2D eigenvalue weighted by Crippen LogP contribution is -2.43. The summed E-state index contributed by atoms with van der Waals surface area (Å²) in [4.78, 5) is 20.1. The molecule has 0 saturated carbocycles. The van der Waals surface area contributed by atoms with Gasteiger partial charge in [0.05, 0.1) is 15.6 Å². The molecule has 1 unspecified atom stereocenters. The van der Waals surface area contributed by atoms with Gasteiger partial charge in [0, 0.05) is 35.6 Å². The molecule has 0 aliphatic carbocycles. The predicted octanol–water partition coefficient (Wildman–Crippen LogP) is 6.09. The van der Waals surface area contributed by atoms with Crippen LogP contribution < -0.4 is 0 Å². The number of nitrogens with zero attached hydrogens (tertiary/aromatic N) is 2. The molecule has 1 aromatic heterocycles. The Morgan fingerprint density at radius 1 is 1.27 bits per heavy atom. The SMILES string of the molecule is CCC1CCCCN1C(=O)c1cncc(CSc2c(Cl)cccc2Cl)c1. The van der Waals surface area contributed by atoms with Gasteiger partial charge in [-0.15, -0.1) is 11.8 Å². The van der Waals surface area contributed by atoms with Crippen molar-refractivity contribution >= 4 is 40.9 Å². The summed E-state index contributed by atoms with van der Waals surface area (Å²) in [5.74, 6) is 0.751. The van der Waals surface area contributed by atoms with Gasteiger partial charge in [0.15, 0.2) is 0 Å². The normalized spacial score (nSPS) is 17.3. The molecule has 6 heteroatoms. The van der Waals surface area contributed by atoms with E-state index in [1.54, 1.807) is 24.2 Å². The molecule has 0 bridgehead atoms. The van der Waals surface area contributed by atoms with Gasteiger partial charge in [-0.1, -0.05) is 36.2 Å². The molecule has 26 heavy (non-hydrogen) atoms. The van der Waals surface area contributed by atoms with Crippen LogP contribution >= 0.6 is 35.0 Å². The van der Waals surface area contributed by atoms with Crippen molar-refractivity contribution in [1.29, 1.82) is 0 Å². The number of pyridine rings is 1. The Morgan fingerprint density at radius 2 is 2.04 bits per heavy atom. The lowest BCUT2D eigenvalue weighted by atomic mass is 9.99. The summed E-state index contributed by atoms with van der Waals surface area (Å²) < 4.78 is 0. The van der Waals surface area contributed by atoms with Gasteiger partial charge in [-0.05, 0) is 49.4 Å². The zero-order valence-corrected chi connectivity index (χ0v) is 17.1. The lowest BCUT2D eigenvalue weighted by molar-refractivity contribution is 0.0607. The van der Waals surface area contributed by atoms with Crippen LogP contribution in [0, 0.1) is 0 Å². The third kappa shape index (κ3) is 4.54. The van der Waals surface area contributed by atoms with Crippen LogP contribution in [0.2, 0.25) is 10.0 Å². The first-order valence-corrected chi connectivity index (χ1v) is 10.7. The number of benzene rings is 1. The number of likely N-dealkylation sites (tertiary alicyclic amines) is 1. The maximum absolute atomic E-state index is 12.9. The van der Waals surface area contributed by atoms with Crippen molar-refractivity contribution in [3.63, 3.8) is 0 Å². The number of hydrogen-bond acceptors (Lipinski definition) is 3. The van der Waals surface area contributed by atoms with Crippen LogP contribution in [0.5, 0.6) is 0 Å². The second kappa shape index (κ2) is 9.12. The third-order valence-corrected chi connectivity index (χ3v) is 6.76. The fourth-order valence-corrected chi connectivity index (χ4v) is 4.92. The molecule has 0 spiro atoms. The highest BCUT2D eigenvalue weighted by atomic mass is 35.5. The maximum Gasteiger partial charge on any atom is 0.255 e. The molecule has 0 radical (unpaired) electrons. The maximum atomic E-state index is 12.9. The standard InChI is InChI=1S/C20H22Cl2N2OS/c1-2-16-6-3-4-9-24(16)20(25)15-10-14(11-23-12-15)13-26-19-17(21)7-5-8-18(19)22/h5,7-8,10-12,16H,2-4,6,9,13H2,1H3. The van der Waals surface area contributed by atoms with Gasteiger partial charge in [0.25, 0.3) is 5.91 Å². The van der Waals surface area contributed by atoms with Crippen molar-refractivity contribution in [2.45, 2.75) is 49.3 Å². The lowest BCUT2D eigenvalue weighted by Gasteiger charge is -2.35. The summed E-state index contributed by atoms with van der Waals surface area (Å²) in [5.41, 5.74) is 1.65. The first-order chi connectivity index (χ1) is 12.6. The molecule has 2 aromatic rings. The number of hydrogen-bond donors (Lipinski definition) is 0. The Balaban J connectivity index is 1.72. The first kappa shape index (κ1) is 19.5. The number of amides is 1. The van der Waals surface area contributed by atoms with Gasteiger partial charge in [-0.25, -0.2) is 0 Å². The number of halogens is 2. The van der Waals surface area contributed by atoms with E-state index in [9.17, 15) is 4.79 Å². The Kier molecular flexibility index (Phi) is 6.85. The Morgan fingerprint density at radius 3 is 2.77 bits per heavy atom. The van der Waals surface area contributed by atoms with Gasteiger partial charge in [0.2, 0.25) is 0 Å². The second-order valence-electron chi connectivity index (χ2n) is 6.48. The van der Waals surface area contributed by atoms with Crippen molar-refractivity contribution in [2.75, 3.05) is 6.54 Å². The Labute approximate surface area is 169 Å². The number of carbonyl (C=O) groups excluding carboxylic acids is 1. The molecule has 3 nitrogen and oxygen atoms in total. The fraction of sp³-hybridized carbons (Fsp3) is 0.400. The molecule has 1 atom stereocenters. The zero-order valence-electron chi connectivity index (χ0n) is 14.8. The number of thioether (sulfide) groups is 1. The topological polar surface area (TPSA) is 33.2 Å². The number of aromatic nitrogens is 1. The summed E-state index contributed by atoms with van der Waals surface area (Å²) in [5, 5.41) is 1.28.